The van der Waals surface area contributed by atoms with Gasteiger partial charge >= 0.3 is 0 Å². The quantitative estimate of drug-likeness (QED) is 0.679. The van der Waals surface area contributed by atoms with E-state index < -0.39 is 11.6 Å². The van der Waals surface area contributed by atoms with Crippen molar-refractivity contribution >= 4 is 17.5 Å². The third-order valence-corrected chi connectivity index (χ3v) is 4.13. The summed E-state index contributed by atoms with van der Waals surface area (Å²) in [6.07, 6.45) is 1.90. The topological polar surface area (TPSA) is 64.7 Å². The van der Waals surface area contributed by atoms with Gasteiger partial charge in [-0.15, -0.1) is 6.58 Å². The Morgan fingerprint density at radius 1 is 1.08 bits per heavy atom. The smallest absolute Gasteiger partial charge is 0.234 e. The van der Waals surface area contributed by atoms with Gasteiger partial charge in [-0.25, -0.2) is 8.78 Å². The van der Waals surface area contributed by atoms with E-state index >= 15 is 0 Å². The van der Waals surface area contributed by atoms with Gasteiger partial charge in [0.2, 0.25) is 11.8 Å². The maximum atomic E-state index is 13.1. The average Bonchev–Trinajstić information content (AvgIpc) is 2.62. The van der Waals surface area contributed by atoms with Crippen molar-refractivity contribution in [3.63, 3.8) is 0 Å². The largest absolute Gasteiger partial charge is 0.352 e. The Balaban J connectivity index is 1.66. The summed E-state index contributed by atoms with van der Waals surface area (Å²) in [5.41, 5.74) is 0.240. The average molecular weight is 366 g/mol. The summed E-state index contributed by atoms with van der Waals surface area (Å²) in [5.74, 6) is -2.21. The number of halogens is 2. The van der Waals surface area contributed by atoms with Gasteiger partial charge in [0.05, 0.1) is 6.54 Å². The SMILES string of the molecule is C=CCNC(=O)CN1CCN(CCC(=O)Nc2ccc(F)c(F)c2)CC1. The number of piperazine rings is 1. The van der Waals surface area contributed by atoms with Gasteiger partial charge in [-0.05, 0) is 12.1 Å². The molecule has 0 spiro atoms. The minimum atomic E-state index is -0.990. The minimum Gasteiger partial charge on any atom is -0.352 e. The molecule has 2 amide bonds. The molecule has 1 heterocycles. The van der Waals surface area contributed by atoms with E-state index in [1.54, 1.807) is 6.08 Å². The Morgan fingerprint density at radius 2 is 1.77 bits per heavy atom. The summed E-state index contributed by atoms with van der Waals surface area (Å²) in [5, 5.41) is 5.31. The predicted octanol–water partition coefficient (Wildman–Crippen LogP) is 1.21. The first-order valence-corrected chi connectivity index (χ1v) is 8.55. The first-order chi connectivity index (χ1) is 12.5. The normalized spacial score (nSPS) is 15.5. The molecule has 6 nitrogen and oxygen atoms in total. The van der Waals surface area contributed by atoms with Crippen LogP contribution in [0.5, 0.6) is 0 Å². The van der Waals surface area contributed by atoms with Crippen molar-refractivity contribution in [1.29, 1.82) is 0 Å². The van der Waals surface area contributed by atoms with Crippen LogP contribution in [0.2, 0.25) is 0 Å². The predicted molar refractivity (Wildman–Crippen MR) is 95.7 cm³/mol. The van der Waals surface area contributed by atoms with Crippen LogP contribution in [0.4, 0.5) is 14.5 Å². The third kappa shape index (κ3) is 6.53. The highest BCUT2D eigenvalue weighted by molar-refractivity contribution is 5.90. The van der Waals surface area contributed by atoms with Crippen LogP contribution in [0.25, 0.3) is 0 Å². The van der Waals surface area contributed by atoms with Crippen molar-refractivity contribution in [2.24, 2.45) is 0 Å². The van der Waals surface area contributed by atoms with Crippen LogP contribution in [-0.2, 0) is 9.59 Å². The minimum absolute atomic E-state index is 0.0238. The zero-order valence-corrected chi connectivity index (χ0v) is 14.6. The molecule has 1 fully saturated rings. The summed E-state index contributed by atoms with van der Waals surface area (Å²) < 4.78 is 26.0. The molecule has 0 atom stereocenters. The Morgan fingerprint density at radius 3 is 2.42 bits per heavy atom. The Bertz CT molecular complexity index is 646. The van der Waals surface area contributed by atoms with Crippen LogP contribution in [0.1, 0.15) is 6.42 Å². The number of rotatable bonds is 8. The van der Waals surface area contributed by atoms with Gasteiger partial charge in [-0.2, -0.15) is 0 Å². The molecule has 0 bridgehead atoms. The summed E-state index contributed by atoms with van der Waals surface area (Å²) in [4.78, 5) is 27.8. The van der Waals surface area contributed by atoms with E-state index in [0.717, 1.165) is 38.3 Å². The van der Waals surface area contributed by atoms with Crippen molar-refractivity contribution in [1.82, 2.24) is 15.1 Å². The molecule has 8 heteroatoms. The molecule has 0 aliphatic carbocycles. The lowest BCUT2D eigenvalue weighted by atomic mass is 10.2. The van der Waals surface area contributed by atoms with Crippen LogP contribution in [-0.4, -0.2) is 67.4 Å². The Labute approximate surface area is 151 Å². The van der Waals surface area contributed by atoms with E-state index in [9.17, 15) is 18.4 Å². The first kappa shape index (κ1) is 20.0. The zero-order valence-electron chi connectivity index (χ0n) is 14.6. The number of benzene rings is 1. The number of nitrogens with zero attached hydrogens (tertiary/aromatic N) is 2. The number of nitrogens with one attached hydrogen (secondary N) is 2. The molecule has 142 valence electrons. The van der Waals surface area contributed by atoms with Gasteiger partial charge < -0.3 is 15.5 Å². The molecule has 0 aromatic heterocycles. The second-order valence-electron chi connectivity index (χ2n) is 6.14. The Kier molecular flexibility index (Phi) is 7.68. The fraction of sp³-hybridized carbons (Fsp3) is 0.444. The van der Waals surface area contributed by atoms with Crippen molar-refractivity contribution in [3.05, 3.63) is 42.5 Å². The second kappa shape index (κ2) is 9.98. The molecule has 1 aliphatic rings. The second-order valence-corrected chi connectivity index (χ2v) is 6.14. The van der Waals surface area contributed by atoms with Crippen molar-refractivity contribution in [2.45, 2.75) is 6.42 Å². The van der Waals surface area contributed by atoms with Crippen molar-refractivity contribution in [3.8, 4) is 0 Å². The van der Waals surface area contributed by atoms with Gasteiger partial charge in [0.1, 0.15) is 0 Å². The molecule has 1 saturated heterocycles. The lowest BCUT2D eigenvalue weighted by Gasteiger charge is -2.34. The molecule has 26 heavy (non-hydrogen) atoms. The van der Waals surface area contributed by atoms with Gasteiger partial charge in [0, 0.05) is 57.4 Å². The Hall–Kier alpha value is -2.32. The number of carbonyl (C=O) groups excluding carboxylic acids is 2. The highest BCUT2D eigenvalue weighted by atomic mass is 19.2. The van der Waals surface area contributed by atoms with E-state index in [1.165, 1.54) is 6.07 Å². The van der Waals surface area contributed by atoms with E-state index in [-0.39, 0.29) is 23.9 Å². The van der Waals surface area contributed by atoms with Crippen LogP contribution in [0.3, 0.4) is 0 Å². The van der Waals surface area contributed by atoms with Gasteiger partial charge in [0.25, 0.3) is 0 Å². The summed E-state index contributed by atoms with van der Waals surface area (Å²) >= 11 is 0. The maximum Gasteiger partial charge on any atom is 0.234 e. The maximum absolute atomic E-state index is 13.1. The van der Waals surface area contributed by atoms with Crippen LogP contribution in [0, 0.1) is 11.6 Å². The summed E-state index contributed by atoms with van der Waals surface area (Å²) in [6.45, 7) is 8.01. The fourth-order valence-electron chi connectivity index (χ4n) is 2.67. The highest BCUT2D eigenvalue weighted by Crippen LogP contribution is 2.13. The number of carbonyl (C=O) groups is 2. The summed E-state index contributed by atoms with van der Waals surface area (Å²) in [7, 11) is 0. The van der Waals surface area contributed by atoms with E-state index in [4.69, 9.17) is 0 Å². The molecular formula is C18H24F2N4O2. The molecule has 0 unspecified atom stereocenters. The van der Waals surface area contributed by atoms with Crippen molar-refractivity contribution < 1.29 is 18.4 Å². The van der Waals surface area contributed by atoms with E-state index in [1.807, 2.05) is 0 Å². The molecule has 2 rings (SSSR count). The molecular weight excluding hydrogens is 342 g/mol. The molecule has 0 saturated carbocycles. The van der Waals surface area contributed by atoms with E-state index in [0.29, 0.717) is 19.6 Å². The third-order valence-electron chi connectivity index (χ3n) is 4.13. The molecule has 1 aliphatic heterocycles. The van der Waals surface area contributed by atoms with Crippen LogP contribution >= 0.6 is 0 Å². The number of hydrogen-bond acceptors (Lipinski definition) is 4. The molecule has 2 N–H and O–H groups in total. The molecule has 0 radical (unpaired) electrons. The molecule has 1 aromatic rings. The van der Waals surface area contributed by atoms with Crippen molar-refractivity contribution in [2.75, 3.05) is 51.1 Å². The fourth-order valence-corrected chi connectivity index (χ4v) is 2.67. The van der Waals surface area contributed by atoms with E-state index in [2.05, 4.69) is 27.0 Å². The number of amides is 2. The van der Waals surface area contributed by atoms with Crippen LogP contribution in [0.15, 0.2) is 30.9 Å². The lowest BCUT2D eigenvalue weighted by molar-refractivity contribution is -0.122. The zero-order chi connectivity index (χ0) is 18.9. The highest BCUT2D eigenvalue weighted by Gasteiger charge is 2.19. The number of anilines is 1. The van der Waals surface area contributed by atoms with Gasteiger partial charge in [-0.1, -0.05) is 6.08 Å². The van der Waals surface area contributed by atoms with Gasteiger partial charge in [0.15, 0.2) is 11.6 Å². The lowest BCUT2D eigenvalue weighted by Crippen LogP contribution is -2.49. The van der Waals surface area contributed by atoms with Crippen LogP contribution < -0.4 is 10.6 Å². The number of hydrogen-bond donors (Lipinski definition) is 2. The standard InChI is InChI=1S/C18H24F2N4O2/c1-2-6-21-18(26)13-24-10-8-23(9-11-24)7-5-17(25)22-14-3-4-15(19)16(20)12-14/h2-4,12H,1,5-11,13H2,(H,21,26)(H,22,25). The van der Waals surface area contributed by atoms with Gasteiger partial charge in [-0.3, -0.25) is 14.5 Å². The molecule has 1 aromatic carbocycles. The summed E-state index contributed by atoms with van der Waals surface area (Å²) in [6, 6.07) is 3.27. The monoisotopic (exact) mass is 366 g/mol. The first-order valence-electron chi connectivity index (χ1n) is 8.55.